The second kappa shape index (κ2) is 5.90. The number of aliphatic hydroxyl groups excluding tert-OH is 2. The van der Waals surface area contributed by atoms with Crippen LogP contribution in [-0.2, 0) is 0 Å². The molecule has 0 aliphatic carbocycles. The zero-order valence-corrected chi connectivity index (χ0v) is 8.80. The standard InChI is InChI=1S/C10H14N4O2/c11-7-8-1-2-13-10(9(8)12)14(3-5-15)4-6-16/h1-2,15-16H,3-6,12H2. The zero-order valence-electron chi connectivity index (χ0n) is 8.80. The lowest BCUT2D eigenvalue weighted by Gasteiger charge is -2.23. The summed E-state index contributed by atoms with van der Waals surface area (Å²) in [5, 5.41) is 26.6. The smallest absolute Gasteiger partial charge is 0.153 e. The van der Waals surface area contributed by atoms with Gasteiger partial charge in [0, 0.05) is 19.3 Å². The molecule has 6 nitrogen and oxygen atoms in total. The first-order valence-corrected chi connectivity index (χ1v) is 4.85. The number of hydrogen-bond acceptors (Lipinski definition) is 6. The Morgan fingerprint density at radius 1 is 1.38 bits per heavy atom. The monoisotopic (exact) mass is 222 g/mol. The van der Waals surface area contributed by atoms with Crippen molar-refractivity contribution < 1.29 is 10.2 Å². The Hall–Kier alpha value is -1.84. The summed E-state index contributed by atoms with van der Waals surface area (Å²) in [6.07, 6.45) is 1.48. The van der Waals surface area contributed by atoms with E-state index in [1.54, 1.807) is 4.90 Å². The Labute approximate surface area is 93.6 Å². The Kier molecular flexibility index (Phi) is 4.51. The lowest BCUT2D eigenvalue weighted by molar-refractivity contribution is 0.281. The highest BCUT2D eigenvalue weighted by atomic mass is 16.3. The predicted molar refractivity (Wildman–Crippen MR) is 59.7 cm³/mol. The fraction of sp³-hybridized carbons (Fsp3) is 0.400. The van der Waals surface area contributed by atoms with Crippen LogP contribution in [0.5, 0.6) is 0 Å². The third-order valence-corrected chi connectivity index (χ3v) is 2.13. The number of nitriles is 1. The van der Waals surface area contributed by atoms with Crippen LogP contribution in [0.1, 0.15) is 5.56 Å². The lowest BCUT2D eigenvalue weighted by Crippen LogP contribution is -2.31. The van der Waals surface area contributed by atoms with Crippen molar-refractivity contribution in [3.8, 4) is 6.07 Å². The van der Waals surface area contributed by atoms with Gasteiger partial charge >= 0.3 is 0 Å². The first-order valence-electron chi connectivity index (χ1n) is 4.85. The normalized spacial score (nSPS) is 9.81. The molecule has 0 unspecified atom stereocenters. The molecule has 0 atom stereocenters. The molecule has 0 radical (unpaired) electrons. The van der Waals surface area contributed by atoms with Crippen LogP contribution in [0.4, 0.5) is 11.5 Å². The van der Waals surface area contributed by atoms with Crippen molar-refractivity contribution in [3.63, 3.8) is 0 Å². The summed E-state index contributed by atoms with van der Waals surface area (Å²) < 4.78 is 0. The van der Waals surface area contributed by atoms with Gasteiger partial charge in [0.2, 0.25) is 0 Å². The van der Waals surface area contributed by atoms with Crippen LogP contribution in [0.3, 0.4) is 0 Å². The number of rotatable bonds is 5. The van der Waals surface area contributed by atoms with Crippen molar-refractivity contribution in [1.82, 2.24) is 4.98 Å². The van der Waals surface area contributed by atoms with Crippen LogP contribution < -0.4 is 10.6 Å². The van der Waals surface area contributed by atoms with Gasteiger partial charge in [-0.05, 0) is 6.07 Å². The Morgan fingerprint density at radius 3 is 2.50 bits per heavy atom. The molecule has 1 aromatic heterocycles. The highest BCUT2D eigenvalue weighted by molar-refractivity contribution is 5.69. The molecule has 0 amide bonds. The predicted octanol–water partition coefficient (Wildman–Crippen LogP) is -0.674. The van der Waals surface area contributed by atoms with E-state index in [4.69, 9.17) is 21.2 Å². The molecule has 0 aromatic carbocycles. The molecule has 0 saturated heterocycles. The quantitative estimate of drug-likeness (QED) is 0.609. The van der Waals surface area contributed by atoms with Gasteiger partial charge in [-0.25, -0.2) is 4.98 Å². The summed E-state index contributed by atoms with van der Waals surface area (Å²) in [6.45, 7) is 0.481. The topological polar surface area (TPSA) is 106 Å². The molecule has 0 bridgehead atoms. The second-order valence-corrected chi connectivity index (χ2v) is 3.14. The van der Waals surface area contributed by atoms with Gasteiger partial charge < -0.3 is 20.8 Å². The highest BCUT2D eigenvalue weighted by Crippen LogP contribution is 2.22. The molecule has 0 saturated carbocycles. The molecular weight excluding hydrogens is 208 g/mol. The molecule has 16 heavy (non-hydrogen) atoms. The van der Waals surface area contributed by atoms with Gasteiger partial charge in [-0.2, -0.15) is 5.26 Å². The van der Waals surface area contributed by atoms with Crippen LogP contribution in [-0.4, -0.2) is 41.5 Å². The maximum absolute atomic E-state index is 8.89. The number of nitrogen functional groups attached to an aromatic ring is 1. The first-order chi connectivity index (χ1) is 7.74. The third-order valence-electron chi connectivity index (χ3n) is 2.13. The minimum Gasteiger partial charge on any atom is -0.395 e. The SMILES string of the molecule is N#Cc1ccnc(N(CCO)CCO)c1N. The molecule has 1 aromatic rings. The van der Waals surface area contributed by atoms with Gasteiger partial charge in [-0.3, -0.25) is 0 Å². The number of aliphatic hydroxyl groups is 2. The Balaban J connectivity index is 3.04. The molecule has 6 heteroatoms. The summed E-state index contributed by atoms with van der Waals surface area (Å²) in [4.78, 5) is 5.69. The van der Waals surface area contributed by atoms with Crippen molar-refractivity contribution in [2.45, 2.75) is 0 Å². The van der Waals surface area contributed by atoms with Crippen LogP contribution >= 0.6 is 0 Å². The third kappa shape index (κ3) is 2.59. The van der Waals surface area contributed by atoms with Crippen LogP contribution in [0.25, 0.3) is 0 Å². The number of nitrogens with zero attached hydrogens (tertiary/aromatic N) is 3. The lowest BCUT2D eigenvalue weighted by atomic mass is 10.2. The molecule has 1 rings (SSSR count). The Morgan fingerprint density at radius 2 is 2.00 bits per heavy atom. The molecule has 0 aliphatic heterocycles. The van der Waals surface area contributed by atoms with E-state index in [2.05, 4.69) is 4.98 Å². The van der Waals surface area contributed by atoms with E-state index >= 15 is 0 Å². The number of hydrogen-bond donors (Lipinski definition) is 3. The van der Waals surface area contributed by atoms with E-state index in [-0.39, 0.29) is 18.9 Å². The van der Waals surface area contributed by atoms with Gasteiger partial charge in [-0.15, -0.1) is 0 Å². The Bertz CT molecular complexity index is 383. The van der Waals surface area contributed by atoms with Gasteiger partial charge in [0.15, 0.2) is 5.82 Å². The van der Waals surface area contributed by atoms with Crippen LogP contribution in [0.2, 0.25) is 0 Å². The zero-order chi connectivity index (χ0) is 12.0. The first kappa shape index (κ1) is 12.2. The van der Waals surface area contributed by atoms with E-state index in [0.717, 1.165) is 0 Å². The average molecular weight is 222 g/mol. The summed E-state index contributed by atoms with van der Waals surface area (Å²) in [5.74, 6) is 0.419. The van der Waals surface area contributed by atoms with Crippen molar-refractivity contribution in [2.75, 3.05) is 36.9 Å². The minimum atomic E-state index is -0.0715. The average Bonchev–Trinajstić information content (AvgIpc) is 2.29. The number of aromatic nitrogens is 1. The summed E-state index contributed by atoms with van der Waals surface area (Å²) in [5.41, 5.74) is 6.37. The fourth-order valence-corrected chi connectivity index (χ4v) is 1.38. The number of anilines is 2. The van der Waals surface area contributed by atoms with Gasteiger partial charge in [0.05, 0.1) is 24.5 Å². The maximum atomic E-state index is 8.89. The van der Waals surface area contributed by atoms with E-state index in [9.17, 15) is 0 Å². The second-order valence-electron chi connectivity index (χ2n) is 3.14. The van der Waals surface area contributed by atoms with Crippen molar-refractivity contribution in [2.24, 2.45) is 0 Å². The maximum Gasteiger partial charge on any atom is 0.153 e. The number of pyridine rings is 1. The summed E-state index contributed by atoms with van der Waals surface area (Å²) in [7, 11) is 0. The van der Waals surface area contributed by atoms with Gasteiger partial charge in [0.25, 0.3) is 0 Å². The molecule has 1 heterocycles. The fourth-order valence-electron chi connectivity index (χ4n) is 1.38. The molecule has 0 spiro atoms. The molecule has 4 N–H and O–H groups in total. The van der Waals surface area contributed by atoms with Gasteiger partial charge in [0.1, 0.15) is 6.07 Å². The van der Waals surface area contributed by atoms with Crippen molar-refractivity contribution >= 4 is 11.5 Å². The largest absolute Gasteiger partial charge is 0.395 e. The molecule has 0 fully saturated rings. The van der Waals surface area contributed by atoms with E-state index in [0.29, 0.717) is 24.5 Å². The molecular formula is C10H14N4O2. The van der Waals surface area contributed by atoms with Gasteiger partial charge in [-0.1, -0.05) is 0 Å². The van der Waals surface area contributed by atoms with Crippen molar-refractivity contribution in [1.29, 1.82) is 5.26 Å². The number of nitrogens with two attached hydrogens (primary N) is 1. The van der Waals surface area contributed by atoms with Crippen LogP contribution in [0, 0.1) is 11.3 Å². The summed E-state index contributed by atoms with van der Waals surface area (Å²) in [6, 6.07) is 3.48. The van der Waals surface area contributed by atoms with Crippen LogP contribution in [0.15, 0.2) is 12.3 Å². The van der Waals surface area contributed by atoms with Crippen molar-refractivity contribution in [3.05, 3.63) is 17.8 Å². The molecule has 86 valence electrons. The summed E-state index contributed by atoms with van der Waals surface area (Å²) >= 11 is 0. The minimum absolute atomic E-state index is 0.0715. The van der Waals surface area contributed by atoms with E-state index in [1.165, 1.54) is 12.3 Å². The van der Waals surface area contributed by atoms with E-state index < -0.39 is 0 Å². The highest BCUT2D eigenvalue weighted by Gasteiger charge is 2.12. The van der Waals surface area contributed by atoms with E-state index in [1.807, 2.05) is 6.07 Å². The molecule has 0 aliphatic rings.